The molecule has 0 saturated carbocycles. The number of aromatic hydroxyl groups is 1. The average molecular weight is 282 g/mol. The standard InChI is InChI=1S/C18H22N2O/c1-14-7-8-18(21)15(11-14)13-19-16-5-4-6-17(12-16)20-9-2-3-10-20/h4-8,11-12,19,21H,2-3,9-10,13H2,1H3. The maximum absolute atomic E-state index is 9.89. The number of nitrogens with one attached hydrogen (secondary N) is 1. The summed E-state index contributed by atoms with van der Waals surface area (Å²) in [5.74, 6) is 0.351. The predicted octanol–water partition coefficient (Wildman–Crippen LogP) is 3.91. The number of anilines is 2. The Morgan fingerprint density at radius 2 is 1.90 bits per heavy atom. The van der Waals surface area contributed by atoms with Crippen LogP contribution in [0, 0.1) is 6.92 Å². The highest BCUT2D eigenvalue weighted by molar-refractivity contribution is 5.58. The molecule has 0 amide bonds. The summed E-state index contributed by atoms with van der Waals surface area (Å²) in [5.41, 5.74) is 4.48. The lowest BCUT2D eigenvalue weighted by molar-refractivity contribution is 0.469. The van der Waals surface area contributed by atoms with E-state index >= 15 is 0 Å². The normalized spacial score (nSPS) is 14.4. The molecule has 1 fully saturated rings. The van der Waals surface area contributed by atoms with Crippen LogP contribution >= 0.6 is 0 Å². The lowest BCUT2D eigenvalue weighted by Crippen LogP contribution is -2.17. The molecular formula is C18H22N2O. The Kier molecular flexibility index (Phi) is 4.00. The van der Waals surface area contributed by atoms with Gasteiger partial charge in [-0.05, 0) is 44.0 Å². The van der Waals surface area contributed by atoms with Gasteiger partial charge < -0.3 is 15.3 Å². The molecule has 0 unspecified atom stereocenters. The monoisotopic (exact) mass is 282 g/mol. The molecule has 0 spiro atoms. The van der Waals surface area contributed by atoms with Gasteiger partial charge in [-0.25, -0.2) is 0 Å². The Morgan fingerprint density at radius 3 is 2.71 bits per heavy atom. The molecule has 2 aromatic carbocycles. The molecule has 1 aliphatic heterocycles. The molecule has 21 heavy (non-hydrogen) atoms. The van der Waals surface area contributed by atoms with E-state index in [0.29, 0.717) is 12.3 Å². The maximum atomic E-state index is 9.89. The number of aryl methyl sites for hydroxylation is 1. The van der Waals surface area contributed by atoms with E-state index in [4.69, 9.17) is 0 Å². The first-order valence-electron chi connectivity index (χ1n) is 7.60. The lowest BCUT2D eigenvalue weighted by Gasteiger charge is -2.18. The molecule has 1 aliphatic rings. The fraction of sp³-hybridized carbons (Fsp3) is 0.333. The molecule has 0 atom stereocenters. The maximum Gasteiger partial charge on any atom is 0.120 e. The van der Waals surface area contributed by atoms with Gasteiger partial charge in [0.05, 0.1) is 0 Å². The highest BCUT2D eigenvalue weighted by Crippen LogP contribution is 2.24. The number of hydrogen-bond donors (Lipinski definition) is 2. The molecule has 0 aromatic heterocycles. The summed E-state index contributed by atoms with van der Waals surface area (Å²) < 4.78 is 0. The summed E-state index contributed by atoms with van der Waals surface area (Å²) >= 11 is 0. The Bertz CT molecular complexity index is 618. The molecule has 0 aliphatic carbocycles. The fourth-order valence-corrected chi connectivity index (χ4v) is 2.84. The summed E-state index contributed by atoms with van der Waals surface area (Å²) in [4.78, 5) is 2.43. The van der Waals surface area contributed by atoms with Gasteiger partial charge >= 0.3 is 0 Å². The van der Waals surface area contributed by atoms with Crippen LogP contribution < -0.4 is 10.2 Å². The average Bonchev–Trinajstić information content (AvgIpc) is 3.03. The fourth-order valence-electron chi connectivity index (χ4n) is 2.84. The molecule has 2 aromatic rings. The van der Waals surface area contributed by atoms with Gasteiger partial charge in [0, 0.05) is 36.6 Å². The van der Waals surface area contributed by atoms with Crippen LogP contribution in [0.3, 0.4) is 0 Å². The van der Waals surface area contributed by atoms with Crippen LogP contribution in [-0.2, 0) is 6.54 Å². The van der Waals surface area contributed by atoms with Crippen LogP contribution in [0.5, 0.6) is 5.75 Å². The van der Waals surface area contributed by atoms with Gasteiger partial charge in [0.25, 0.3) is 0 Å². The topological polar surface area (TPSA) is 35.5 Å². The summed E-state index contributed by atoms with van der Waals surface area (Å²) in [5, 5.41) is 13.3. The number of phenolic OH excluding ortho intramolecular Hbond substituents is 1. The number of phenols is 1. The number of hydrogen-bond acceptors (Lipinski definition) is 3. The number of benzene rings is 2. The number of nitrogens with zero attached hydrogens (tertiary/aromatic N) is 1. The van der Waals surface area contributed by atoms with Crippen molar-refractivity contribution in [1.82, 2.24) is 0 Å². The molecule has 2 N–H and O–H groups in total. The van der Waals surface area contributed by atoms with Gasteiger partial charge in [-0.15, -0.1) is 0 Å². The van der Waals surface area contributed by atoms with E-state index in [0.717, 1.165) is 29.9 Å². The van der Waals surface area contributed by atoms with E-state index in [9.17, 15) is 5.11 Å². The Hall–Kier alpha value is -2.16. The minimum atomic E-state index is 0.351. The van der Waals surface area contributed by atoms with E-state index in [1.807, 2.05) is 19.1 Å². The molecule has 1 heterocycles. The van der Waals surface area contributed by atoms with Crippen LogP contribution in [0.1, 0.15) is 24.0 Å². The van der Waals surface area contributed by atoms with E-state index in [2.05, 4.69) is 34.5 Å². The molecule has 1 saturated heterocycles. The van der Waals surface area contributed by atoms with Gasteiger partial charge in [0.15, 0.2) is 0 Å². The lowest BCUT2D eigenvalue weighted by atomic mass is 10.1. The zero-order valence-corrected chi connectivity index (χ0v) is 12.5. The summed E-state index contributed by atoms with van der Waals surface area (Å²) in [6.45, 7) is 4.98. The van der Waals surface area contributed by atoms with Crippen molar-refractivity contribution in [3.63, 3.8) is 0 Å². The minimum absolute atomic E-state index is 0.351. The molecular weight excluding hydrogens is 260 g/mol. The second-order valence-electron chi connectivity index (χ2n) is 5.73. The van der Waals surface area contributed by atoms with E-state index < -0.39 is 0 Å². The molecule has 3 heteroatoms. The van der Waals surface area contributed by atoms with E-state index in [-0.39, 0.29) is 0 Å². The van der Waals surface area contributed by atoms with Gasteiger partial charge in [-0.3, -0.25) is 0 Å². The van der Waals surface area contributed by atoms with Crippen molar-refractivity contribution in [2.75, 3.05) is 23.3 Å². The summed E-state index contributed by atoms with van der Waals surface area (Å²) in [7, 11) is 0. The molecule has 3 rings (SSSR count). The predicted molar refractivity (Wildman–Crippen MR) is 88.1 cm³/mol. The quantitative estimate of drug-likeness (QED) is 0.892. The molecule has 0 radical (unpaired) electrons. The first-order valence-corrected chi connectivity index (χ1v) is 7.60. The largest absolute Gasteiger partial charge is 0.508 e. The van der Waals surface area contributed by atoms with Gasteiger partial charge in [0.1, 0.15) is 5.75 Å². The van der Waals surface area contributed by atoms with Gasteiger partial charge in [-0.2, -0.15) is 0 Å². The van der Waals surface area contributed by atoms with Crippen molar-refractivity contribution in [2.45, 2.75) is 26.3 Å². The van der Waals surface area contributed by atoms with Crippen molar-refractivity contribution < 1.29 is 5.11 Å². The number of rotatable bonds is 4. The molecule has 3 nitrogen and oxygen atoms in total. The highest BCUT2D eigenvalue weighted by atomic mass is 16.3. The smallest absolute Gasteiger partial charge is 0.120 e. The van der Waals surface area contributed by atoms with Crippen molar-refractivity contribution >= 4 is 11.4 Å². The van der Waals surface area contributed by atoms with E-state index in [1.165, 1.54) is 18.5 Å². The third-order valence-electron chi connectivity index (χ3n) is 4.04. The molecule has 110 valence electrons. The Balaban J connectivity index is 1.70. The van der Waals surface area contributed by atoms with Crippen LogP contribution in [0.2, 0.25) is 0 Å². The first kappa shape index (κ1) is 13.8. The van der Waals surface area contributed by atoms with Crippen LogP contribution in [0.15, 0.2) is 42.5 Å². The molecule has 0 bridgehead atoms. The van der Waals surface area contributed by atoms with Crippen molar-refractivity contribution in [2.24, 2.45) is 0 Å². The van der Waals surface area contributed by atoms with Crippen LogP contribution in [0.25, 0.3) is 0 Å². The minimum Gasteiger partial charge on any atom is -0.508 e. The SMILES string of the molecule is Cc1ccc(O)c(CNc2cccc(N3CCCC3)c2)c1. The van der Waals surface area contributed by atoms with Crippen molar-refractivity contribution in [1.29, 1.82) is 0 Å². The Labute approximate surface area is 126 Å². The van der Waals surface area contributed by atoms with Crippen LogP contribution in [0.4, 0.5) is 11.4 Å². The summed E-state index contributed by atoms with van der Waals surface area (Å²) in [6, 6.07) is 14.2. The highest BCUT2D eigenvalue weighted by Gasteiger charge is 2.12. The zero-order chi connectivity index (χ0) is 14.7. The van der Waals surface area contributed by atoms with Gasteiger partial charge in [-0.1, -0.05) is 23.8 Å². The van der Waals surface area contributed by atoms with Crippen molar-refractivity contribution in [3.8, 4) is 5.75 Å². The second kappa shape index (κ2) is 6.08. The van der Waals surface area contributed by atoms with Crippen molar-refractivity contribution in [3.05, 3.63) is 53.6 Å². The second-order valence-corrected chi connectivity index (χ2v) is 5.73. The first-order chi connectivity index (χ1) is 10.2. The van der Waals surface area contributed by atoms with Crippen LogP contribution in [-0.4, -0.2) is 18.2 Å². The summed E-state index contributed by atoms with van der Waals surface area (Å²) in [6.07, 6.45) is 2.57. The third-order valence-corrected chi connectivity index (χ3v) is 4.04. The zero-order valence-electron chi connectivity index (χ0n) is 12.5. The third kappa shape index (κ3) is 3.30. The Morgan fingerprint density at radius 1 is 1.10 bits per heavy atom. The van der Waals surface area contributed by atoms with E-state index in [1.54, 1.807) is 6.07 Å². The van der Waals surface area contributed by atoms with Gasteiger partial charge in [0.2, 0.25) is 0 Å².